The van der Waals surface area contributed by atoms with Gasteiger partial charge in [-0.3, -0.25) is 24.0 Å². The van der Waals surface area contributed by atoms with Gasteiger partial charge < -0.3 is 36.8 Å². The van der Waals surface area contributed by atoms with Gasteiger partial charge in [0.15, 0.2) is 0 Å². The molecule has 2 aliphatic rings. The van der Waals surface area contributed by atoms with Gasteiger partial charge in [0.25, 0.3) is 0 Å². The number of aliphatic hydroxyl groups is 1. The van der Waals surface area contributed by atoms with Crippen molar-refractivity contribution in [1.29, 1.82) is 0 Å². The average molecular weight is 726 g/mol. The van der Waals surface area contributed by atoms with Gasteiger partial charge in [0, 0.05) is 42.7 Å². The van der Waals surface area contributed by atoms with Crippen LogP contribution >= 0.6 is 11.3 Å². The molecule has 0 radical (unpaired) electrons. The summed E-state index contributed by atoms with van der Waals surface area (Å²) < 4.78 is 0. The molecule has 3 heterocycles. The van der Waals surface area contributed by atoms with Crippen LogP contribution in [-0.2, 0) is 48.0 Å². The summed E-state index contributed by atoms with van der Waals surface area (Å²) in [4.78, 5) is 79.6. The van der Waals surface area contributed by atoms with Crippen LogP contribution in [0, 0.1) is 0 Å². The molecule has 2 bridgehead atoms. The van der Waals surface area contributed by atoms with Gasteiger partial charge in [-0.15, -0.1) is 11.3 Å². The summed E-state index contributed by atoms with van der Waals surface area (Å²) in [5.74, 6) is -4.80. The number of carbonyl (C=O) groups is 6. The number of hydrogen-bond donors (Lipinski definition) is 7. The molecule has 270 valence electrons. The lowest BCUT2D eigenvalue weighted by molar-refractivity contribution is -0.142. The van der Waals surface area contributed by atoms with Crippen LogP contribution in [0.3, 0.4) is 0 Å². The predicted molar refractivity (Wildman–Crippen MR) is 194 cm³/mol. The second-order valence-corrected chi connectivity index (χ2v) is 13.4. The van der Waals surface area contributed by atoms with Crippen LogP contribution in [0.25, 0.3) is 11.1 Å². The van der Waals surface area contributed by atoms with Crippen molar-refractivity contribution in [2.45, 2.75) is 56.3 Å². The number of aliphatic hydroxyl groups excluding tert-OH is 1. The van der Waals surface area contributed by atoms with E-state index in [0.29, 0.717) is 16.8 Å². The SMILES string of the molecule is O=C1CCC(=O)N[C@H](Cc2cccs2)C(=O)N[C@@H](Cc2ccc(-c3ccccc3)cc2)C(=O)N[C@H](CO)C(=O)N[C@H](C(=O)O)Cc2ccc(cc2)N1. The minimum atomic E-state index is -1.55. The molecule has 0 aliphatic carbocycles. The predicted octanol–water partition coefficient (Wildman–Crippen LogP) is 2.19. The van der Waals surface area contributed by atoms with Crippen molar-refractivity contribution in [2.75, 3.05) is 11.9 Å². The minimum Gasteiger partial charge on any atom is -0.480 e. The van der Waals surface area contributed by atoms with Gasteiger partial charge in [0.05, 0.1) is 6.61 Å². The molecule has 0 saturated heterocycles. The molecule has 7 N–H and O–H groups in total. The molecule has 52 heavy (non-hydrogen) atoms. The van der Waals surface area contributed by atoms with Crippen LogP contribution in [0.2, 0.25) is 0 Å². The average Bonchev–Trinajstić information content (AvgIpc) is 3.66. The highest BCUT2D eigenvalue weighted by molar-refractivity contribution is 7.09. The molecule has 0 unspecified atom stereocenters. The minimum absolute atomic E-state index is 0.0280. The molecule has 4 atom stereocenters. The van der Waals surface area contributed by atoms with Crippen LogP contribution in [0.4, 0.5) is 5.69 Å². The van der Waals surface area contributed by atoms with Gasteiger partial charge in [0.1, 0.15) is 24.2 Å². The van der Waals surface area contributed by atoms with E-state index in [9.17, 15) is 39.0 Å². The van der Waals surface area contributed by atoms with Crippen molar-refractivity contribution in [1.82, 2.24) is 21.3 Å². The first-order valence-corrected chi connectivity index (χ1v) is 17.6. The Morgan fingerprint density at radius 1 is 0.654 bits per heavy atom. The summed E-state index contributed by atoms with van der Waals surface area (Å²) in [5.41, 5.74) is 3.51. The van der Waals surface area contributed by atoms with E-state index >= 15 is 0 Å². The number of carboxylic acids is 1. The Labute approximate surface area is 303 Å². The normalized spacial score (nSPS) is 20.8. The first-order chi connectivity index (χ1) is 25.1. The van der Waals surface area contributed by atoms with Gasteiger partial charge in [-0.05, 0) is 45.8 Å². The molecule has 4 aromatic rings. The number of carbonyl (C=O) groups excluding carboxylic acids is 5. The maximum atomic E-state index is 13.9. The maximum Gasteiger partial charge on any atom is 0.326 e. The summed E-state index contributed by atoms with van der Waals surface area (Å²) in [7, 11) is 0. The Morgan fingerprint density at radius 3 is 1.90 bits per heavy atom. The lowest BCUT2D eigenvalue weighted by Crippen LogP contribution is -2.59. The van der Waals surface area contributed by atoms with Gasteiger partial charge in [-0.1, -0.05) is 72.8 Å². The second-order valence-electron chi connectivity index (χ2n) is 12.3. The number of hydrogen-bond acceptors (Lipinski definition) is 8. The number of amides is 5. The Balaban J connectivity index is 1.44. The zero-order valence-electron chi connectivity index (χ0n) is 28.0. The van der Waals surface area contributed by atoms with Crippen molar-refractivity contribution in [2.24, 2.45) is 0 Å². The van der Waals surface area contributed by atoms with Crippen LogP contribution in [-0.4, -0.2) is 76.5 Å². The lowest BCUT2D eigenvalue weighted by atomic mass is 9.99. The molecule has 6 rings (SSSR count). The van der Waals surface area contributed by atoms with E-state index in [1.54, 1.807) is 48.5 Å². The van der Waals surface area contributed by atoms with Crippen LogP contribution < -0.4 is 26.6 Å². The number of anilines is 1. The van der Waals surface area contributed by atoms with Gasteiger partial charge >= 0.3 is 5.97 Å². The molecule has 0 spiro atoms. The zero-order chi connectivity index (χ0) is 37.0. The topological polar surface area (TPSA) is 203 Å². The summed E-state index contributed by atoms with van der Waals surface area (Å²) in [6.07, 6.45) is -0.459. The quantitative estimate of drug-likeness (QED) is 0.141. The van der Waals surface area contributed by atoms with E-state index in [4.69, 9.17) is 0 Å². The Bertz CT molecular complexity index is 1870. The fraction of sp³-hybridized carbons (Fsp3) is 0.263. The number of rotatable bonds is 7. The number of thiophene rings is 1. The third kappa shape index (κ3) is 10.6. The molecule has 2 aliphatic heterocycles. The highest BCUT2D eigenvalue weighted by Crippen LogP contribution is 2.20. The molecular weight excluding hydrogens is 687 g/mol. The van der Waals surface area contributed by atoms with Crippen LogP contribution in [0.5, 0.6) is 0 Å². The van der Waals surface area contributed by atoms with E-state index in [1.807, 2.05) is 47.8 Å². The van der Waals surface area contributed by atoms with E-state index in [0.717, 1.165) is 16.0 Å². The Kier molecular flexibility index (Phi) is 12.9. The number of carboxylic acid groups (broad SMARTS) is 1. The molecule has 1 aromatic heterocycles. The van der Waals surface area contributed by atoms with Crippen molar-refractivity contribution in [3.63, 3.8) is 0 Å². The third-order valence-electron chi connectivity index (χ3n) is 8.46. The molecule has 13 nitrogen and oxygen atoms in total. The molecule has 14 heteroatoms. The number of aliphatic carboxylic acids is 1. The van der Waals surface area contributed by atoms with Gasteiger partial charge in [-0.2, -0.15) is 0 Å². The highest BCUT2D eigenvalue weighted by atomic mass is 32.1. The summed E-state index contributed by atoms with van der Waals surface area (Å²) in [5, 5.41) is 34.8. The third-order valence-corrected chi connectivity index (χ3v) is 9.36. The molecule has 5 amide bonds. The Hall–Kier alpha value is -5.86. The highest BCUT2D eigenvalue weighted by Gasteiger charge is 2.32. The molecular formula is C38H39N5O8S. The monoisotopic (exact) mass is 725 g/mol. The van der Waals surface area contributed by atoms with Crippen molar-refractivity contribution >= 4 is 52.5 Å². The fourth-order valence-electron chi connectivity index (χ4n) is 5.64. The van der Waals surface area contributed by atoms with Crippen molar-refractivity contribution in [3.05, 3.63) is 112 Å². The van der Waals surface area contributed by atoms with Crippen LogP contribution in [0.1, 0.15) is 28.8 Å². The number of nitrogens with one attached hydrogen (secondary N) is 5. The number of fused-ring (bicyclic) bond motifs is 18. The molecule has 3 aromatic carbocycles. The van der Waals surface area contributed by atoms with E-state index < -0.39 is 66.3 Å². The zero-order valence-corrected chi connectivity index (χ0v) is 28.9. The smallest absolute Gasteiger partial charge is 0.326 e. The summed E-state index contributed by atoms with van der Waals surface area (Å²) in [6.45, 7) is -0.859. The Morgan fingerprint density at radius 2 is 1.27 bits per heavy atom. The lowest BCUT2D eigenvalue weighted by Gasteiger charge is -2.25. The summed E-state index contributed by atoms with van der Waals surface area (Å²) in [6, 6.07) is 21.5. The van der Waals surface area contributed by atoms with Gasteiger partial charge in [0.2, 0.25) is 29.5 Å². The van der Waals surface area contributed by atoms with Crippen LogP contribution in [0.15, 0.2) is 96.4 Å². The standard InChI is InChI=1S/C38H39N5O8S/c44-22-32-37(49)42-31(38(50)51)20-24-10-14-27(15-11-24)39-33(45)16-17-34(46)40-30(21-28-7-4-18-52-28)36(48)41-29(35(47)43-32)19-23-8-12-26(13-9-23)25-5-2-1-3-6-25/h1-15,18,29-32,44H,16-17,19-22H2,(H,39,45)(H,40,46)(H,41,48)(H,42,49)(H,43,47)(H,50,51)/t29-,30+,31-,32+/m0/s1. The molecule has 0 saturated carbocycles. The maximum absolute atomic E-state index is 13.9. The fourth-order valence-corrected chi connectivity index (χ4v) is 6.39. The van der Waals surface area contributed by atoms with Gasteiger partial charge in [-0.25, -0.2) is 4.79 Å². The summed E-state index contributed by atoms with van der Waals surface area (Å²) >= 11 is 1.38. The van der Waals surface area contributed by atoms with Crippen molar-refractivity contribution < 1.29 is 39.0 Å². The first kappa shape index (κ1) is 37.4. The largest absolute Gasteiger partial charge is 0.480 e. The van der Waals surface area contributed by atoms with Crippen molar-refractivity contribution in [3.8, 4) is 11.1 Å². The van der Waals surface area contributed by atoms with E-state index in [1.165, 1.54) is 11.3 Å². The van der Waals surface area contributed by atoms with E-state index in [-0.39, 0.29) is 32.1 Å². The molecule has 0 fully saturated rings. The second kappa shape index (κ2) is 17.9. The van der Waals surface area contributed by atoms with E-state index in [2.05, 4.69) is 26.6 Å². The first-order valence-electron chi connectivity index (χ1n) is 16.7. The number of benzene rings is 3.